The first-order chi connectivity index (χ1) is 8.22. The molecular weight excluding hydrogens is 214 g/mol. The maximum Gasteiger partial charge on any atom is 0.131 e. The van der Waals surface area contributed by atoms with Crippen LogP contribution >= 0.6 is 0 Å². The van der Waals surface area contributed by atoms with Crippen LogP contribution in [-0.4, -0.2) is 29.0 Å². The molecule has 94 valence electrons. The second-order valence-electron chi connectivity index (χ2n) is 3.49. The molecule has 0 fully saturated rings. The van der Waals surface area contributed by atoms with E-state index in [1.165, 1.54) is 0 Å². The molecule has 0 rings (SSSR count). The van der Waals surface area contributed by atoms with Crippen LogP contribution in [0.4, 0.5) is 0 Å². The van der Waals surface area contributed by atoms with E-state index in [2.05, 4.69) is 11.8 Å². The number of rotatable bonds is 6. The largest absolute Gasteiger partial charge is 0.395 e. The SMILES string of the molecule is C/C=C/C=C/C=C/CCC#C[C@@H](O)[C@@H](N)CO. The third kappa shape index (κ3) is 9.58. The molecule has 3 nitrogen and oxygen atoms in total. The fraction of sp³-hybridized carbons (Fsp3) is 0.429. The Labute approximate surface area is 103 Å². The molecule has 0 aliphatic heterocycles. The maximum absolute atomic E-state index is 9.32. The molecule has 0 aromatic heterocycles. The van der Waals surface area contributed by atoms with Crippen molar-refractivity contribution in [1.82, 2.24) is 0 Å². The van der Waals surface area contributed by atoms with Crippen LogP contribution in [0.1, 0.15) is 19.8 Å². The molecule has 0 aliphatic carbocycles. The van der Waals surface area contributed by atoms with Crippen LogP contribution in [0.2, 0.25) is 0 Å². The van der Waals surface area contributed by atoms with Gasteiger partial charge in [-0.2, -0.15) is 0 Å². The Kier molecular flexibility index (Phi) is 10.3. The third-order valence-corrected chi connectivity index (χ3v) is 1.96. The molecule has 17 heavy (non-hydrogen) atoms. The van der Waals surface area contributed by atoms with Gasteiger partial charge in [0.25, 0.3) is 0 Å². The monoisotopic (exact) mass is 235 g/mol. The maximum atomic E-state index is 9.32. The number of allylic oxidation sites excluding steroid dienone is 6. The summed E-state index contributed by atoms with van der Waals surface area (Å²) >= 11 is 0. The van der Waals surface area contributed by atoms with Crippen molar-refractivity contribution in [2.45, 2.75) is 31.9 Å². The molecule has 4 N–H and O–H groups in total. The molecule has 0 unspecified atom stereocenters. The highest BCUT2D eigenvalue weighted by atomic mass is 16.3. The van der Waals surface area contributed by atoms with Gasteiger partial charge in [0.2, 0.25) is 0 Å². The minimum absolute atomic E-state index is 0.258. The lowest BCUT2D eigenvalue weighted by atomic mass is 10.2. The average molecular weight is 235 g/mol. The zero-order chi connectivity index (χ0) is 12.9. The van der Waals surface area contributed by atoms with Crippen molar-refractivity contribution >= 4 is 0 Å². The highest BCUT2D eigenvalue weighted by Crippen LogP contribution is 1.92. The summed E-state index contributed by atoms with van der Waals surface area (Å²) < 4.78 is 0. The van der Waals surface area contributed by atoms with Crippen LogP contribution in [0.5, 0.6) is 0 Å². The van der Waals surface area contributed by atoms with E-state index in [-0.39, 0.29) is 6.61 Å². The van der Waals surface area contributed by atoms with E-state index in [1.807, 2.05) is 43.4 Å². The molecule has 0 aromatic carbocycles. The van der Waals surface area contributed by atoms with Gasteiger partial charge in [0, 0.05) is 6.42 Å². The Morgan fingerprint density at radius 2 is 1.94 bits per heavy atom. The predicted octanol–water partition coefficient (Wildman–Crippen LogP) is 1.14. The first-order valence-electron chi connectivity index (χ1n) is 5.69. The molecule has 3 heteroatoms. The van der Waals surface area contributed by atoms with Crippen LogP contribution in [-0.2, 0) is 0 Å². The number of unbranched alkanes of at least 4 members (excludes halogenated alkanes) is 1. The Morgan fingerprint density at radius 1 is 1.24 bits per heavy atom. The second-order valence-corrected chi connectivity index (χ2v) is 3.49. The van der Waals surface area contributed by atoms with Crippen molar-refractivity contribution in [3.63, 3.8) is 0 Å². The summed E-state index contributed by atoms with van der Waals surface area (Å²) in [5.41, 5.74) is 5.39. The van der Waals surface area contributed by atoms with Gasteiger partial charge in [-0.1, -0.05) is 42.4 Å². The summed E-state index contributed by atoms with van der Waals surface area (Å²) in [5.74, 6) is 5.42. The van der Waals surface area contributed by atoms with Crippen LogP contribution in [0.25, 0.3) is 0 Å². The summed E-state index contributed by atoms with van der Waals surface area (Å²) in [6.45, 7) is 1.71. The normalized spacial score (nSPS) is 15.3. The fourth-order valence-corrected chi connectivity index (χ4v) is 0.953. The first-order valence-corrected chi connectivity index (χ1v) is 5.69. The molecule has 2 atom stereocenters. The standard InChI is InChI=1S/C14H21NO2/c1-2-3-4-5-6-7-8-9-10-11-14(17)13(15)12-16/h2-7,13-14,16-17H,8-9,12,15H2,1H3/b3-2+,5-4+,7-6+/t13-,14+/m0/s1. The van der Waals surface area contributed by atoms with E-state index < -0.39 is 12.1 Å². The molecule has 0 radical (unpaired) electrons. The molecular formula is C14H21NO2. The zero-order valence-corrected chi connectivity index (χ0v) is 10.2. The van der Waals surface area contributed by atoms with Crippen LogP contribution in [0.15, 0.2) is 36.5 Å². The molecule has 0 bridgehead atoms. The van der Waals surface area contributed by atoms with E-state index >= 15 is 0 Å². The molecule has 0 aromatic rings. The van der Waals surface area contributed by atoms with E-state index in [1.54, 1.807) is 0 Å². The van der Waals surface area contributed by atoms with E-state index in [9.17, 15) is 5.11 Å². The van der Waals surface area contributed by atoms with Gasteiger partial charge in [-0.15, -0.1) is 5.92 Å². The van der Waals surface area contributed by atoms with Crippen molar-refractivity contribution in [2.75, 3.05) is 6.61 Å². The van der Waals surface area contributed by atoms with E-state index in [0.29, 0.717) is 6.42 Å². The Balaban J connectivity index is 3.74. The molecule has 0 spiro atoms. The van der Waals surface area contributed by atoms with Gasteiger partial charge in [0.05, 0.1) is 12.6 Å². The van der Waals surface area contributed by atoms with E-state index in [4.69, 9.17) is 10.8 Å². The van der Waals surface area contributed by atoms with Crippen molar-refractivity contribution in [3.05, 3.63) is 36.5 Å². The molecule has 0 heterocycles. The summed E-state index contributed by atoms with van der Waals surface area (Å²) in [6.07, 6.45) is 12.3. The van der Waals surface area contributed by atoms with Gasteiger partial charge in [-0.25, -0.2) is 0 Å². The number of nitrogens with two attached hydrogens (primary N) is 1. The van der Waals surface area contributed by atoms with E-state index in [0.717, 1.165) is 6.42 Å². The quantitative estimate of drug-likeness (QED) is 0.367. The summed E-state index contributed by atoms with van der Waals surface area (Å²) in [6, 6.07) is -0.679. The van der Waals surface area contributed by atoms with Gasteiger partial charge >= 0.3 is 0 Å². The smallest absolute Gasteiger partial charge is 0.131 e. The Bertz CT molecular complexity index is 321. The molecule has 0 amide bonds. The lowest BCUT2D eigenvalue weighted by Gasteiger charge is -2.08. The number of hydrogen-bond acceptors (Lipinski definition) is 3. The molecule has 0 saturated carbocycles. The Morgan fingerprint density at radius 3 is 2.59 bits per heavy atom. The summed E-state index contributed by atoms with van der Waals surface area (Å²) in [7, 11) is 0. The lowest BCUT2D eigenvalue weighted by Crippen LogP contribution is -2.36. The highest BCUT2D eigenvalue weighted by Gasteiger charge is 2.08. The van der Waals surface area contributed by atoms with Gasteiger partial charge in [0.15, 0.2) is 0 Å². The average Bonchev–Trinajstić information content (AvgIpc) is 2.35. The summed E-state index contributed by atoms with van der Waals surface area (Å²) in [4.78, 5) is 0. The van der Waals surface area contributed by atoms with Gasteiger partial charge < -0.3 is 15.9 Å². The van der Waals surface area contributed by atoms with Crippen molar-refractivity contribution in [2.24, 2.45) is 5.73 Å². The van der Waals surface area contributed by atoms with Crippen molar-refractivity contribution < 1.29 is 10.2 Å². The van der Waals surface area contributed by atoms with Crippen molar-refractivity contribution in [3.8, 4) is 11.8 Å². The van der Waals surface area contributed by atoms with Crippen LogP contribution in [0, 0.1) is 11.8 Å². The molecule has 0 aliphatic rings. The minimum Gasteiger partial charge on any atom is -0.395 e. The van der Waals surface area contributed by atoms with Gasteiger partial charge in [0.1, 0.15) is 6.10 Å². The van der Waals surface area contributed by atoms with Gasteiger partial charge in [-0.05, 0) is 13.3 Å². The van der Waals surface area contributed by atoms with Crippen LogP contribution < -0.4 is 5.73 Å². The number of hydrogen-bond donors (Lipinski definition) is 3. The van der Waals surface area contributed by atoms with Crippen LogP contribution in [0.3, 0.4) is 0 Å². The Hall–Kier alpha value is -1.34. The third-order valence-electron chi connectivity index (χ3n) is 1.96. The van der Waals surface area contributed by atoms with Gasteiger partial charge in [-0.3, -0.25) is 0 Å². The number of aliphatic hydroxyl groups excluding tert-OH is 2. The predicted molar refractivity (Wildman–Crippen MR) is 71.2 cm³/mol. The zero-order valence-electron chi connectivity index (χ0n) is 10.2. The topological polar surface area (TPSA) is 66.5 Å². The minimum atomic E-state index is -0.946. The highest BCUT2D eigenvalue weighted by molar-refractivity contribution is 5.12. The first kappa shape index (κ1) is 15.7. The lowest BCUT2D eigenvalue weighted by molar-refractivity contribution is 0.150. The number of aliphatic hydroxyl groups is 2. The fourth-order valence-electron chi connectivity index (χ4n) is 0.953. The van der Waals surface area contributed by atoms with Crippen molar-refractivity contribution in [1.29, 1.82) is 0 Å². The molecule has 0 saturated heterocycles. The second kappa shape index (κ2) is 11.2. The summed E-state index contributed by atoms with van der Waals surface area (Å²) in [5, 5.41) is 18.0.